The molecule has 1 aromatic carbocycles. The van der Waals surface area contributed by atoms with Crippen LogP contribution in [0.4, 0.5) is 5.69 Å². The number of β-amino-alcohol motifs (C(OH)–C–C–N with tert-alkyl or cyclic N) is 2. The van der Waals surface area contributed by atoms with Gasteiger partial charge in [0.2, 0.25) is 0 Å². The highest BCUT2D eigenvalue weighted by atomic mass is 79.9. The molecule has 6 nitrogen and oxygen atoms in total. The van der Waals surface area contributed by atoms with E-state index in [1.165, 1.54) is 0 Å². The van der Waals surface area contributed by atoms with Crippen LogP contribution in [0.2, 0.25) is 0 Å². The maximum Gasteiger partial charge on any atom is 0.171 e. The van der Waals surface area contributed by atoms with Gasteiger partial charge < -0.3 is 26.1 Å². The summed E-state index contributed by atoms with van der Waals surface area (Å²) in [6.07, 6.45) is -1.46. The standard InChI is InChI=1S/C11H14BrN3O3/c12-8-3-6(1-2-7(8)11(13)14-18)15-4-9(16)10(17)5-15/h1-3,9-10,16-18H,4-5H2,(H2,13,14). The van der Waals surface area contributed by atoms with Gasteiger partial charge in [-0.05, 0) is 34.1 Å². The van der Waals surface area contributed by atoms with E-state index in [2.05, 4.69) is 21.1 Å². The first-order valence-electron chi connectivity index (χ1n) is 5.41. The van der Waals surface area contributed by atoms with Crippen molar-refractivity contribution >= 4 is 27.5 Å². The maximum atomic E-state index is 9.50. The van der Waals surface area contributed by atoms with Gasteiger partial charge >= 0.3 is 0 Å². The molecule has 98 valence electrons. The summed E-state index contributed by atoms with van der Waals surface area (Å²) in [7, 11) is 0. The SMILES string of the molecule is N/C(=N/O)c1ccc(N2CC(O)C(O)C2)cc1Br. The van der Waals surface area contributed by atoms with E-state index in [1.54, 1.807) is 18.2 Å². The Labute approximate surface area is 112 Å². The number of anilines is 1. The van der Waals surface area contributed by atoms with E-state index in [4.69, 9.17) is 10.9 Å². The van der Waals surface area contributed by atoms with Gasteiger partial charge in [-0.1, -0.05) is 5.16 Å². The normalized spacial score (nSPS) is 24.6. The summed E-state index contributed by atoms with van der Waals surface area (Å²) in [5, 5.41) is 30.6. The lowest BCUT2D eigenvalue weighted by atomic mass is 10.2. The van der Waals surface area contributed by atoms with Crippen LogP contribution < -0.4 is 10.6 Å². The fraction of sp³-hybridized carbons (Fsp3) is 0.364. The predicted octanol–water partition coefficient (Wildman–Crippen LogP) is 0.0854. The number of benzene rings is 1. The van der Waals surface area contributed by atoms with Crippen LogP contribution in [0.1, 0.15) is 5.56 Å². The first kappa shape index (κ1) is 13.1. The highest BCUT2D eigenvalue weighted by Crippen LogP contribution is 2.26. The minimum Gasteiger partial charge on any atom is -0.409 e. The van der Waals surface area contributed by atoms with Gasteiger partial charge in [0.1, 0.15) is 0 Å². The van der Waals surface area contributed by atoms with Crippen molar-refractivity contribution in [3.8, 4) is 0 Å². The highest BCUT2D eigenvalue weighted by Gasteiger charge is 2.29. The molecule has 1 aromatic rings. The largest absolute Gasteiger partial charge is 0.409 e. The average molecular weight is 316 g/mol. The smallest absolute Gasteiger partial charge is 0.171 e. The summed E-state index contributed by atoms with van der Waals surface area (Å²) < 4.78 is 0.686. The number of nitrogens with zero attached hydrogens (tertiary/aromatic N) is 2. The zero-order chi connectivity index (χ0) is 13.3. The molecule has 0 saturated carbocycles. The van der Waals surface area contributed by atoms with Crippen LogP contribution in [0, 0.1) is 0 Å². The molecule has 1 aliphatic rings. The van der Waals surface area contributed by atoms with E-state index in [9.17, 15) is 10.2 Å². The molecule has 1 aliphatic heterocycles. The van der Waals surface area contributed by atoms with Crippen LogP contribution in [0.25, 0.3) is 0 Å². The Morgan fingerprint density at radius 1 is 1.33 bits per heavy atom. The van der Waals surface area contributed by atoms with Crippen molar-refractivity contribution in [2.75, 3.05) is 18.0 Å². The van der Waals surface area contributed by atoms with E-state index >= 15 is 0 Å². The van der Waals surface area contributed by atoms with E-state index in [0.717, 1.165) is 5.69 Å². The Morgan fingerprint density at radius 3 is 2.44 bits per heavy atom. The molecule has 0 radical (unpaired) electrons. The van der Waals surface area contributed by atoms with Crippen molar-refractivity contribution in [1.29, 1.82) is 0 Å². The van der Waals surface area contributed by atoms with Crippen LogP contribution >= 0.6 is 15.9 Å². The number of aliphatic hydroxyl groups excluding tert-OH is 2. The summed E-state index contributed by atoms with van der Waals surface area (Å²) >= 11 is 3.34. The second-order valence-corrected chi connectivity index (χ2v) is 5.04. The second kappa shape index (κ2) is 5.13. The fourth-order valence-corrected chi connectivity index (χ4v) is 2.51. The van der Waals surface area contributed by atoms with E-state index in [0.29, 0.717) is 23.1 Å². The van der Waals surface area contributed by atoms with Crippen molar-refractivity contribution in [2.45, 2.75) is 12.2 Å². The zero-order valence-corrected chi connectivity index (χ0v) is 11.1. The topological polar surface area (TPSA) is 102 Å². The zero-order valence-electron chi connectivity index (χ0n) is 9.49. The number of aliphatic hydroxyl groups is 2. The third-order valence-electron chi connectivity index (χ3n) is 2.96. The first-order chi connectivity index (χ1) is 8.52. The molecule has 7 heteroatoms. The van der Waals surface area contributed by atoms with Gasteiger partial charge in [-0.25, -0.2) is 0 Å². The molecule has 0 aromatic heterocycles. The lowest BCUT2D eigenvalue weighted by Crippen LogP contribution is -2.22. The van der Waals surface area contributed by atoms with E-state index < -0.39 is 12.2 Å². The first-order valence-corrected chi connectivity index (χ1v) is 6.20. The number of halogens is 1. The van der Waals surface area contributed by atoms with Crippen LogP contribution in [0.3, 0.4) is 0 Å². The Hall–Kier alpha value is -1.31. The average Bonchev–Trinajstić information content (AvgIpc) is 2.68. The van der Waals surface area contributed by atoms with Crippen molar-refractivity contribution in [2.24, 2.45) is 10.9 Å². The monoisotopic (exact) mass is 315 g/mol. The van der Waals surface area contributed by atoms with Gasteiger partial charge in [-0.15, -0.1) is 0 Å². The van der Waals surface area contributed by atoms with E-state index in [1.807, 2.05) is 4.90 Å². The number of rotatable bonds is 2. The molecule has 18 heavy (non-hydrogen) atoms. The summed E-state index contributed by atoms with van der Waals surface area (Å²) in [5.41, 5.74) is 6.96. The van der Waals surface area contributed by atoms with Gasteiger partial charge in [-0.3, -0.25) is 0 Å². The Kier molecular flexibility index (Phi) is 3.74. The number of hydrogen-bond donors (Lipinski definition) is 4. The number of amidine groups is 1. The molecule has 0 spiro atoms. The van der Waals surface area contributed by atoms with Gasteiger partial charge in [0, 0.05) is 28.8 Å². The lowest BCUT2D eigenvalue weighted by molar-refractivity contribution is 0.0572. The summed E-state index contributed by atoms with van der Waals surface area (Å²) in [4.78, 5) is 1.87. The molecule has 2 atom stereocenters. The molecule has 0 aliphatic carbocycles. The van der Waals surface area contributed by atoms with Crippen molar-refractivity contribution in [3.05, 3.63) is 28.2 Å². The molecular weight excluding hydrogens is 302 g/mol. The van der Waals surface area contributed by atoms with Gasteiger partial charge in [-0.2, -0.15) is 0 Å². The summed E-state index contributed by atoms with van der Waals surface area (Å²) in [6, 6.07) is 5.31. The molecule has 5 N–H and O–H groups in total. The highest BCUT2D eigenvalue weighted by molar-refractivity contribution is 9.10. The Morgan fingerprint density at radius 2 is 1.94 bits per heavy atom. The van der Waals surface area contributed by atoms with Crippen molar-refractivity contribution in [1.82, 2.24) is 0 Å². The fourth-order valence-electron chi connectivity index (χ4n) is 1.94. The molecule has 1 saturated heterocycles. The Balaban J connectivity index is 2.25. The quantitative estimate of drug-likeness (QED) is 0.268. The molecule has 1 fully saturated rings. The van der Waals surface area contributed by atoms with Gasteiger partial charge in [0.25, 0.3) is 0 Å². The predicted molar refractivity (Wildman–Crippen MR) is 70.9 cm³/mol. The van der Waals surface area contributed by atoms with Crippen LogP contribution in [0.5, 0.6) is 0 Å². The van der Waals surface area contributed by atoms with Gasteiger partial charge in [0.15, 0.2) is 5.84 Å². The third kappa shape index (κ3) is 2.43. The minimum absolute atomic E-state index is 0.0231. The molecule has 0 amide bonds. The molecule has 0 bridgehead atoms. The molecule has 2 unspecified atom stereocenters. The van der Waals surface area contributed by atoms with Crippen LogP contribution in [0.15, 0.2) is 27.8 Å². The number of hydrogen-bond acceptors (Lipinski definition) is 5. The molecule has 2 rings (SSSR count). The second-order valence-electron chi connectivity index (χ2n) is 4.19. The minimum atomic E-state index is -0.729. The molecular formula is C11H14BrN3O3. The van der Waals surface area contributed by atoms with Gasteiger partial charge in [0.05, 0.1) is 12.2 Å². The van der Waals surface area contributed by atoms with E-state index in [-0.39, 0.29) is 5.84 Å². The van der Waals surface area contributed by atoms with Crippen LogP contribution in [-0.2, 0) is 0 Å². The maximum absolute atomic E-state index is 9.50. The van der Waals surface area contributed by atoms with Crippen molar-refractivity contribution in [3.63, 3.8) is 0 Å². The summed E-state index contributed by atoms with van der Waals surface area (Å²) in [5.74, 6) is 0.0231. The van der Waals surface area contributed by atoms with Crippen molar-refractivity contribution < 1.29 is 15.4 Å². The number of nitrogens with two attached hydrogens (primary N) is 1. The Bertz CT molecular complexity index is 471. The molecule has 1 heterocycles. The van der Waals surface area contributed by atoms with Crippen LogP contribution in [-0.4, -0.2) is 46.6 Å². The lowest BCUT2D eigenvalue weighted by Gasteiger charge is -2.18. The third-order valence-corrected chi connectivity index (χ3v) is 3.62. The summed E-state index contributed by atoms with van der Waals surface area (Å²) in [6.45, 7) is 0.771. The number of oxime groups is 1.